The highest BCUT2D eigenvalue weighted by Gasteiger charge is 2.38. The van der Waals surface area contributed by atoms with Crippen LogP contribution in [0.25, 0.3) is 0 Å². The number of aliphatic hydroxyl groups is 1. The SMILES string of the molecule is COC(=O)c1nc(CCO)c(F)c(N(C(=O)OC(C)(C)C)C(=O)OC(C)(C)C)c1Cl. The van der Waals surface area contributed by atoms with Crippen molar-refractivity contribution in [2.24, 2.45) is 0 Å². The number of methoxy groups -OCH3 is 1. The molecule has 0 unspecified atom stereocenters. The average Bonchev–Trinajstić information content (AvgIpc) is 2.57. The van der Waals surface area contributed by atoms with Gasteiger partial charge in [-0.3, -0.25) is 0 Å². The van der Waals surface area contributed by atoms with Crippen molar-refractivity contribution < 1.29 is 38.1 Å². The number of anilines is 1. The Morgan fingerprint density at radius 3 is 1.90 bits per heavy atom. The number of rotatable bonds is 4. The van der Waals surface area contributed by atoms with Gasteiger partial charge in [0.2, 0.25) is 0 Å². The molecule has 0 aromatic carbocycles. The Bertz CT molecular complexity index is 804. The number of carbonyl (C=O) groups excluding carboxylic acids is 3. The molecule has 0 atom stereocenters. The Balaban J connectivity index is 3.80. The summed E-state index contributed by atoms with van der Waals surface area (Å²) >= 11 is 6.16. The van der Waals surface area contributed by atoms with Crippen LogP contribution in [-0.4, -0.2) is 53.2 Å². The first kappa shape index (κ1) is 25.6. The second kappa shape index (κ2) is 9.57. The third kappa shape index (κ3) is 6.53. The molecule has 1 rings (SSSR count). The van der Waals surface area contributed by atoms with E-state index in [1.165, 1.54) is 0 Å². The fraction of sp³-hybridized carbons (Fsp3) is 0.579. The van der Waals surface area contributed by atoms with Gasteiger partial charge in [0.15, 0.2) is 11.5 Å². The van der Waals surface area contributed by atoms with Gasteiger partial charge in [0.1, 0.15) is 21.9 Å². The van der Waals surface area contributed by atoms with Crippen LogP contribution in [0.2, 0.25) is 5.02 Å². The molecule has 0 bridgehead atoms. The zero-order chi connectivity index (χ0) is 23.4. The maximum atomic E-state index is 15.2. The van der Waals surface area contributed by atoms with Gasteiger partial charge in [-0.25, -0.2) is 23.8 Å². The number of ether oxygens (including phenoxy) is 3. The molecule has 0 saturated heterocycles. The van der Waals surface area contributed by atoms with E-state index in [4.69, 9.17) is 21.1 Å². The van der Waals surface area contributed by atoms with E-state index in [0.29, 0.717) is 0 Å². The van der Waals surface area contributed by atoms with Gasteiger partial charge in [0, 0.05) is 13.0 Å². The van der Waals surface area contributed by atoms with Crippen molar-refractivity contribution in [3.63, 3.8) is 0 Å². The van der Waals surface area contributed by atoms with Gasteiger partial charge in [0.25, 0.3) is 0 Å². The van der Waals surface area contributed by atoms with Crippen LogP contribution < -0.4 is 4.90 Å². The van der Waals surface area contributed by atoms with E-state index in [0.717, 1.165) is 7.11 Å². The molecule has 0 spiro atoms. The minimum atomic E-state index is -1.28. The minimum Gasteiger partial charge on any atom is -0.464 e. The fourth-order valence-electron chi connectivity index (χ4n) is 2.15. The summed E-state index contributed by atoms with van der Waals surface area (Å²) in [6.45, 7) is 8.73. The molecule has 9 nitrogen and oxygen atoms in total. The number of hydrogen-bond donors (Lipinski definition) is 1. The van der Waals surface area contributed by atoms with Gasteiger partial charge >= 0.3 is 18.2 Å². The topological polar surface area (TPSA) is 115 Å². The molecule has 1 heterocycles. The summed E-state index contributed by atoms with van der Waals surface area (Å²) in [6.07, 6.45) is -2.89. The average molecular weight is 449 g/mol. The first-order chi connectivity index (χ1) is 13.6. The molecule has 0 aliphatic carbocycles. The summed E-state index contributed by atoms with van der Waals surface area (Å²) in [5, 5.41) is 8.55. The van der Waals surface area contributed by atoms with Crippen molar-refractivity contribution in [1.29, 1.82) is 0 Å². The van der Waals surface area contributed by atoms with Crippen LogP contribution in [0.3, 0.4) is 0 Å². The first-order valence-electron chi connectivity index (χ1n) is 8.96. The summed E-state index contributed by atoms with van der Waals surface area (Å²) in [7, 11) is 1.05. The maximum Gasteiger partial charge on any atom is 0.424 e. The molecule has 1 N–H and O–H groups in total. The lowest BCUT2D eigenvalue weighted by Gasteiger charge is -2.29. The molecule has 11 heteroatoms. The molecule has 2 amide bonds. The number of imide groups is 1. The van der Waals surface area contributed by atoms with Crippen molar-refractivity contribution in [3.8, 4) is 0 Å². The lowest BCUT2D eigenvalue weighted by molar-refractivity contribution is 0.0426. The Morgan fingerprint density at radius 2 is 1.53 bits per heavy atom. The van der Waals surface area contributed by atoms with E-state index >= 15 is 4.39 Å². The van der Waals surface area contributed by atoms with Crippen LogP contribution in [-0.2, 0) is 20.6 Å². The summed E-state index contributed by atoms with van der Waals surface area (Å²) in [4.78, 5) is 41.7. The number of aliphatic hydroxyl groups excluding tert-OH is 1. The Kier molecular flexibility index (Phi) is 8.16. The molecule has 0 fully saturated rings. The fourth-order valence-corrected chi connectivity index (χ4v) is 2.44. The molecule has 30 heavy (non-hydrogen) atoms. The number of halogens is 2. The molecule has 0 saturated carbocycles. The molecule has 0 aliphatic heterocycles. The standard InChI is InChI=1S/C19H26ClFN2O7/c1-18(2,3)29-16(26)23(17(27)30-19(4,5)6)14-11(20)13(15(25)28-7)22-10(8-9-24)12(14)21/h24H,8-9H2,1-7H3. The van der Waals surface area contributed by atoms with Gasteiger partial charge < -0.3 is 19.3 Å². The van der Waals surface area contributed by atoms with Crippen LogP contribution in [0.5, 0.6) is 0 Å². The number of amides is 2. The number of carbonyl (C=O) groups is 3. The van der Waals surface area contributed by atoms with Gasteiger partial charge in [-0.1, -0.05) is 11.6 Å². The van der Waals surface area contributed by atoms with Gasteiger partial charge in [-0.2, -0.15) is 4.90 Å². The number of nitrogens with zero attached hydrogens (tertiary/aromatic N) is 2. The lowest BCUT2D eigenvalue weighted by atomic mass is 10.2. The summed E-state index contributed by atoms with van der Waals surface area (Å²) in [6, 6.07) is 0. The number of pyridine rings is 1. The second-order valence-corrected chi connectivity index (χ2v) is 8.52. The van der Waals surface area contributed by atoms with Crippen LogP contribution >= 0.6 is 11.6 Å². The van der Waals surface area contributed by atoms with Crippen LogP contribution in [0.4, 0.5) is 19.7 Å². The van der Waals surface area contributed by atoms with Crippen molar-refractivity contribution in [1.82, 2.24) is 4.98 Å². The smallest absolute Gasteiger partial charge is 0.424 e. The Morgan fingerprint density at radius 1 is 1.07 bits per heavy atom. The first-order valence-corrected chi connectivity index (χ1v) is 9.33. The number of esters is 1. The summed E-state index contributed by atoms with van der Waals surface area (Å²) < 4.78 is 30.2. The van der Waals surface area contributed by atoms with E-state index in [1.54, 1.807) is 41.5 Å². The predicted molar refractivity (Wildman–Crippen MR) is 106 cm³/mol. The highest BCUT2D eigenvalue weighted by Crippen LogP contribution is 2.35. The second-order valence-electron chi connectivity index (χ2n) is 8.14. The summed E-state index contributed by atoms with van der Waals surface area (Å²) in [5.74, 6) is -2.23. The van der Waals surface area contributed by atoms with Crippen LogP contribution in [0, 0.1) is 5.82 Å². The Hall–Kier alpha value is -2.46. The highest BCUT2D eigenvalue weighted by atomic mass is 35.5. The van der Waals surface area contributed by atoms with E-state index in [2.05, 4.69) is 9.72 Å². The van der Waals surface area contributed by atoms with E-state index < -0.39 is 63.9 Å². The molecule has 1 aromatic heterocycles. The zero-order valence-electron chi connectivity index (χ0n) is 18.0. The van der Waals surface area contributed by atoms with E-state index in [1.807, 2.05) is 0 Å². The third-order valence-corrected chi connectivity index (χ3v) is 3.58. The van der Waals surface area contributed by atoms with Gasteiger partial charge in [-0.05, 0) is 41.5 Å². The molecular formula is C19H26ClFN2O7. The summed E-state index contributed by atoms with van der Waals surface area (Å²) in [5.41, 5.74) is -3.84. The molecule has 0 aliphatic rings. The van der Waals surface area contributed by atoms with E-state index in [9.17, 15) is 19.5 Å². The normalized spacial score (nSPS) is 11.7. The zero-order valence-corrected chi connectivity index (χ0v) is 18.7. The van der Waals surface area contributed by atoms with Gasteiger partial charge in [0.05, 0.1) is 12.8 Å². The largest absolute Gasteiger partial charge is 0.464 e. The molecular weight excluding hydrogens is 423 g/mol. The molecule has 168 valence electrons. The number of aromatic nitrogens is 1. The van der Waals surface area contributed by atoms with Crippen molar-refractivity contribution in [2.75, 3.05) is 18.6 Å². The van der Waals surface area contributed by atoms with Crippen LogP contribution in [0.15, 0.2) is 0 Å². The van der Waals surface area contributed by atoms with E-state index in [-0.39, 0.29) is 11.3 Å². The molecule has 1 aromatic rings. The lowest BCUT2D eigenvalue weighted by Crippen LogP contribution is -2.44. The maximum absolute atomic E-state index is 15.2. The van der Waals surface area contributed by atoms with Crippen molar-refractivity contribution >= 4 is 35.4 Å². The number of hydrogen-bond acceptors (Lipinski definition) is 8. The quantitative estimate of drug-likeness (QED) is 0.545. The Labute approximate surface area is 179 Å². The third-order valence-electron chi connectivity index (χ3n) is 3.23. The molecule has 0 radical (unpaired) electrons. The van der Waals surface area contributed by atoms with Crippen molar-refractivity contribution in [2.45, 2.75) is 59.2 Å². The monoisotopic (exact) mass is 448 g/mol. The van der Waals surface area contributed by atoms with Gasteiger partial charge in [-0.15, -0.1) is 0 Å². The minimum absolute atomic E-state index is 0.253. The predicted octanol–water partition coefficient (Wildman–Crippen LogP) is 3.87. The van der Waals surface area contributed by atoms with Crippen LogP contribution in [0.1, 0.15) is 57.7 Å². The highest BCUT2D eigenvalue weighted by molar-refractivity contribution is 6.37. The van der Waals surface area contributed by atoms with Crippen molar-refractivity contribution in [3.05, 3.63) is 22.2 Å².